The topological polar surface area (TPSA) is 37.8 Å². The maximum absolute atomic E-state index is 13.0. The van der Waals surface area contributed by atoms with Gasteiger partial charge in [0.1, 0.15) is 11.6 Å². The number of hydrogen-bond acceptors (Lipinski definition) is 3. The molecule has 2 rings (SSSR count). The molecule has 0 atom stereocenters. The van der Waals surface area contributed by atoms with Crippen LogP contribution in [0.5, 0.6) is 0 Å². The number of hydrogen-bond donors (Lipinski definition) is 1. The van der Waals surface area contributed by atoms with Crippen LogP contribution >= 0.6 is 34.2 Å². The monoisotopic (exact) mass is 377 g/mol. The number of nitrogens with one attached hydrogen (secondary N) is 1. The second kappa shape index (κ2) is 5.36. The lowest BCUT2D eigenvalue weighted by molar-refractivity contribution is 0.628. The number of benzene rings is 1. The Balaban J connectivity index is 2.60. The number of aryl methyl sites for hydroxylation is 1. The molecule has 0 aliphatic heterocycles. The van der Waals surface area contributed by atoms with Crippen molar-refractivity contribution in [3.8, 4) is 11.4 Å². The van der Waals surface area contributed by atoms with E-state index in [4.69, 9.17) is 11.6 Å². The van der Waals surface area contributed by atoms with Crippen LogP contribution in [0.15, 0.2) is 18.2 Å². The van der Waals surface area contributed by atoms with Crippen LogP contribution in [0, 0.1) is 16.3 Å². The molecule has 1 aromatic carbocycles. The maximum Gasteiger partial charge on any atom is 0.163 e. The Bertz CT molecular complexity index is 604. The summed E-state index contributed by atoms with van der Waals surface area (Å²) in [6, 6.07) is 4.18. The lowest BCUT2D eigenvalue weighted by Gasteiger charge is -2.09. The van der Waals surface area contributed by atoms with E-state index in [1.807, 2.05) is 6.92 Å². The summed E-state index contributed by atoms with van der Waals surface area (Å²) in [4.78, 5) is 8.75. The molecule has 0 amide bonds. The van der Waals surface area contributed by atoms with Gasteiger partial charge >= 0.3 is 0 Å². The maximum atomic E-state index is 13.0. The zero-order chi connectivity index (χ0) is 13.3. The van der Waals surface area contributed by atoms with E-state index in [1.165, 1.54) is 12.1 Å². The molecule has 2 aromatic rings. The van der Waals surface area contributed by atoms with Gasteiger partial charge < -0.3 is 5.32 Å². The molecule has 94 valence electrons. The third-order valence-corrected chi connectivity index (χ3v) is 4.03. The molecule has 1 heterocycles. The van der Waals surface area contributed by atoms with E-state index < -0.39 is 0 Å². The molecule has 0 aliphatic carbocycles. The number of aromatic nitrogens is 2. The molecule has 0 saturated carbocycles. The summed E-state index contributed by atoms with van der Waals surface area (Å²) in [6.45, 7) is 1.89. The Morgan fingerprint density at radius 1 is 1.33 bits per heavy atom. The van der Waals surface area contributed by atoms with Gasteiger partial charge in [-0.1, -0.05) is 11.6 Å². The van der Waals surface area contributed by atoms with Crippen molar-refractivity contribution in [2.45, 2.75) is 6.92 Å². The molecule has 0 saturated heterocycles. The molecule has 3 nitrogen and oxygen atoms in total. The molecule has 18 heavy (non-hydrogen) atoms. The number of anilines is 1. The van der Waals surface area contributed by atoms with Crippen LogP contribution in [-0.2, 0) is 0 Å². The van der Waals surface area contributed by atoms with Gasteiger partial charge in [0.25, 0.3) is 0 Å². The van der Waals surface area contributed by atoms with Crippen LogP contribution in [0.1, 0.15) is 5.69 Å². The normalized spacial score (nSPS) is 10.5. The first-order valence-corrected chi connectivity index (χ1v) is 6.66. The van der Waals surface area contributed by atoms with Gasteiger partial charge in [-0.05, 0) is 47.7 Å². The van der Waals surface area contributed by atoms with Crippen molar-refractivity contribution < 1.29 is 4.39 Å². The van der Waals surface area contributed by atoms with Gasteiger partial charge in [-0.2, -0.15) is 0 Å². The van der Waals surface area contributed by atoms with Crippen molar-refractivity contribution in [2.24, 2.45) is 0 Å². The highest BCUT2D eigenvalue weighted by Crippen LogP contribution is 2.28. The van der Waals surface area contributed by atoms with Gasteiger partial charge in [-0.15, -0.1) is 0 Å². The lowest BCUT2D eigenvalue weighted by Crippen LogP contribution is -2.03. The van der Waals surface area contributed by atoms with Crippen LogP contribution < -0.4 is 5.32 Å². The molecular formula is C12H10ClFIN3. The number of halogens is 3. The van der Waals surface area contributed by atoms with Crippen molar-refractivity contribution >= 4 is 40.0 Å². The summed E-state index contributed by atoms with van der Waals surface area (Å²) in [6.07, 6.45) is 0. The van der Waals surface area contributed by atoms with Gasteiger partial charge in [0, 0.05) is 12.6 Å². The third-order valence-electron chi connectivity index (χ3n) is 2.43. The molecule has 0 unspecified atom stereocenters. The van der Waals surface area contributed by atoms with Gasteiger partial charge in [0.05, 0.1) is 14.3 Å². The van der Waals surface area contributed by atoms with Crippen LogP contribution in [0.2, 0.25) is 5.02 Å². The first kappa shape index (κ1) is 13.5. The van der Waals surface area contributed by atoms with Crippen molar-refractivity contribution in [3.63, 3.8) is 0 Å². The standard InChI is InChI=1S/C12H10ClFIN3/c1-6-10(15)12(16-2)18-11(17-6)8-4-3-7(14)5-9(8)13/h3-5H,1-2H3,(H,16,17,18). The van der Waals surface area contributed by atoms with E-state index in [9.17, 15) is 4.39 Å². The third kappa shape index (κ3) is 2.56. The summed E-state index contributed by atoms with van der Waals surface area (Å²) >= 11 is 8.18. The molecule has 0 fully saturated rings. The SMILES string of the molecule is CNc1nc(-c2ccc(F)cc2Cl)nc(C)c1I. The molecule has 0 bridgehead atoms. The fourth-order valence-corrected chi connectivity index (χ4v) is 2.28. The first-order chi connectivity index (χ1) is 8.52. The first-order valence-electron chi connectivity index (χ1n) is 5.20. The second-order valence-corrected chi connectivity index (χ2v) is 5.16. The minimum absolute atomic E-state index is 0.303. The fraction of sp³-hybridized carbons (Fsp3) is 0.167. The largest absolute Gasteiger partial charge is 0.372 e. The van der Waals surface area contributed by atoms with E-state index in [2.05, 4.69) is 37.9 Å². The molecule has 0 radical (unpaired) electrons. The summed E-state index contributed by atoms with van der Waals surface area (Å²) in [5.41, 5.74) is 1.47. The zero-order valence-corrected chi connectivity index (χ0v) is 12.7. The average Bonchev–Trinajstić information content (AvgIpc) is 2.32. The van der Waals surface area contributed by atoms with Gasteiger partial charge in [-0.3, -0.25) is 0 Å². The average molecular weight is 378 g/mol. The van der Waals surface area contributed by atoms with Crippen molar-refractivity contribution in [1.29, 1.82) is 0 Å². The van der Waals surface area contributed by atoms with Crippen LogP contribution in [0.3, 0.4) is 0 Å². The van der Waals surface area contributed by atoms with Gasteiger partial charge in [0.2, 0.25) is 0 Å². The Hall–Kier alpha value is -0.950. The minimum atomic E-state index is -0.375. The van der Waals surface area contributed by atoms with Crippen molar-refractivity contribution in [1.82, 2.24) is 9.97 Å². The summed E-state index contributed by atoms with van der Waals surface area (Å²) in [5, 5.41) is 3.30. The van der Waals surface area contributed by atoms with E-state index in [1.54, 1.807) is 13.1 Å². The van der Waals surface area contributed by atoms with Crippen molar-refractivity contribution in [2.75, 3.05) is 12.4 Å². The molecule has 0 aliphatic rings. The zero-order valence-electron chi connectivity index (χ0n) is 9.76. The number of nitrogens with zero attached hydrogens (tertiary/aromatic N) is 2. The highest BCUT2D eigenvalue weighted by atomic mass is 127. The summed E-state index contributed by atoms with van der Waals surface area (Å²) < 4.78 is 14.0. The molecular weight excluding hydrogens is 368 g/mol. The molecule has 1 N–H and O–H groups in total. The minimum Gasteiger partial charge on any atom is -0.372 e. The van der Waals surface area contributed by atoms with Crippen LogP contribution in [0.25, 0.3) is 11.4 Å². The highest BCUT2D eigenvalue weighted by molar-refractivity contribution is 14.1. The van der Waals surface area contributed by atoms with Crippen LogP contribution in [-0.4, -0.2) is 17.0 Å². The second-order valence-electron chi connectivity index (χ2n) is 3.67. The molecule has 6 heteroatoms. The quantitative estimate of drug-likeness (QED) is 0.807. The Kier molecular flexibility index (Phi) is 4.01. The summed E-state index contributed by atoms with van der Waals surface area (Å²) in [7, 11) is 1.79. The highest BCUT2D eigenvalue weighted by Gasteiger charge is 2.12. The van der Waals surface area contributed by atoms with Crippen molar-refractivity contribution in [3.05, 3.63) is 38.3 Å². The molecule has 0 spiro atoms. The van der Waals surface area contributed by atoms with E-state index in [0.29, 0.717) is 16.4 Å². The Morgan fingerprint density at radius 3 is 2.67 bits per heavy atom. The van der Waals surface area contributed by atoms with Gasteiger partial charge in [0.15, 0.2) is 5.82 Å². The lowest BCUT2D eigenvalue weighted by atomic mass is 10.2. The summed E-state index contributed by atoms with van der Waals surface area (Å²) in [5.74, 6) is 0.848. The van der Waals surface area contributed by atoms with Crippen LogP contribution in [0.4, 0.5) is 10.2 Å². The predicted octanol–water partition coefficient (Wildman–Crippen LogP) is 3.89. The Morgan fingerprint density at radius 2 is 2.06 bits per heavy atom. The fourth-order valence-electron chi connectivity index (χ4n) is 1.52. The van der Waals surface area contributed by atoms with E-state index in [-0.39, 0.29) is 5.82 Å². The molecule has 1 aromatic heterocycles. The smallest absolute Gasteiger partial charge is 0.163 e. The number of rotatable bonds is 2. The Labute approximate surface area is 123 Å². The van der Waals surface area contributed by atoms with E-state index in [0.717, 1.165) is 15.1 Å². The predicted molar refractivity (Wildman–Crippen MR) is 79.4 cm³/mol. The van der Waals surface area contributed by atoms with Gasteiger partial charge in [-0.25, -0.2) is 14.4 Å². The van der Waals surface area contributed by atoms with E-state index >= 15 is 0 Å².